The summed E-state index contributed by atoms with van der Waals surface area (Å²) in [5, 5.41) is 2.47. The molecule has 0 spiro atoms. The second-order valence-electron chi connectivity index (χ2n) is 23.1. The number of rotatable bonds is 24. The molecule has 0 aliphatic rings. The molecule has 95 heavy (non-hydrogen) atoms. The van der Waals surface area contributed by atoms with Crippen LogP contribution in [-0.4, -0.2) is 18.7 Å². The minimum absolute atomic E-state index is 0.212. The predicted octanol–water partition coefficient (Wildman–Crippen LogP) is 20.8. The molecule has 0 fully saturated rings. The number of halogens is 24. The second-order valence-corrected chi connectivity index (χ2v) is 23.1. The molecule has 0 bridgehead atoms. The quantitative estimate of drug-likeness (QED) is 0.0198. The molecule has 0 radical (unpaired) electrons. The van der Waals surface area contributed by atoms with Crippen molar-refractivity contribution in [1.82, 2.24) is 0 Å². The maximum absolute atomic E-state index is 14.2. The average Bonchev–Trinajstić information content (AvgIpc) is 0.709. The van der Waals surface area contributed by atoms with Crippen LogP contribution < -0.4 is 26.4 Å². The number of hydrogen-bond donors (Lipinski definition) is 0. The fourth-order valence-electron chi connectivity index (χ4n) is 11.2. The highest BCUT2D eigenvalue weighted by Crippen LogP contribution is 2.42. The number of carbonyl (C=O) groups is 1. The van der Waals surface area contributed by atoms with Crippen molar-refractivity contribution in [2.45, 2.75) is 166 Å². The van der Waals surface area contributed by atoms with E-state index in [1.807, 2.05) is 24.3 Å². The summed E-state index contributed by atoms with van der Waals surface area (Å²) < 4.78 is 349. The summed E-state index contributed by atoms with van der Waals surface area (Å²) in [6.07, 6.45) is -29.0. The van der Waals surface area contributed by atoms with Crippen molar-refractivity contribution < 1.29 is 119 Å². The van der Waals surface area contributed by atoms with Crippen LogP contribution in [0.4, 0.5) is 105 Å². The summed E-state index contributed by atoms with van der Waals surface area (Å²) in [5.74, 6) is -0.212. The number of aromatic nitrogens is 1. The maximum Gasteiger partial charge on any atom is 0.416 e. The maximum atomic E-state index is 14.2. The summed E-state index contributed by atoms with van der Waals surface area (Å²) >= 11 is 0. The molecule has 1 heterocycles. The lowest BCUT2D eigenvalue weighted by Crippen LogP contribution is -2.75. The summed E-state index contributed by atoms with van der Waals surface area (Å²) in [4.78, 5) is 12.4. The zero-order chi connectivity index (χ0) is 70.6. The molecule has 28 heteroatoms. The van der Waals surface area contributed by atoms with Crippen molar-refractivity contribution >= 4 is 44.7 Å². The Hall–Kier alpha value is -7.42. The molecule has 0 amide bonds. The topological polar surface area (TPSA) is 30.2 Å². The molecule has 7 aromatic rings. The van der Waals surface area contributed by atoms with Crippen LogP contribution in [0.5, 0.6) is 0 Å². The van der Waals surface area contributed by atoms with Crippen molar-refractivity contribution in [1.29, 1.82) is 0 Å². The number of unbranched alkanes of at least 4 members (excludes halogenated alkanes) is 15. The molecule has 0 aliphatic heterocycles. The molecule has 3 nitrogen and oxygen atoms in total. The number of pyridine rings is 1. The first-order valence-corrected chi connectivity index (χ1v) is 30.0. The summed E-state index contributed by atoms with van der Waals surface area (Å²) in [6, 6.07) is 9.51. The van der Waals surface area contributed by atoms with Crippen LogP contribution in [0.25, 0.3) is 10.8 Å². The van der Waals surface area contributed by atoms with Crippen LogP contribution in [0.15, 0.2) is 140 Å². The van der Waals surface area contributed by atoms with Crippen LogP contribution in [0, 0.1) is 0 Å². The number of ether oxygens (including phenoxy) is 1. The van der Waals surface area contributed by atoms with Gasteiger partial charge in [-0.2, -0.15) is 127 Å². The standard InChI is InChI=1S/C35H50NO2.C32H12BF24/c1-2-3-4-5-6-7-8-9-10-11-12-13-14-15-16-19-28-38-35(37)33-24-22-31(23-25-33)29-36-27-26-32-20-17-18-21-34(32)30-36;34-25(35,36)13-1-14(26(37,38)39)6-21(5-13)33(22-7-15(27(40,41)42)2-16(8-22)28(43,44)45,23-9-17(29(46,47)48)3-18(10-23)30(49,50)51)24-11-19(31(52,53)54)4-20(12-24)32(55,56)57/h17-18,20-27,30H,2-16,19,28-29H2,1H3;1-12H/q+1;-1. The normalized spacial score (nSPS) is 13.1. The molecule has 518 valence electrons. The van der Waals surface area contributed by atoms with Crippen molar-refractivity contribution in [3.63, 3.8) is 0 Å². The molecule has 7 rings (SSSR count). The number of carbonyl (C=O) groups excluding carboxylic acids is 1. The van der Waals surface area contributed by atoms with Gasteiger partial charge in [-0.1, -0.05) is 182 Å². The van der Waals surface area contributed by atoms with Gasteiger partial charge in [0.25, 0.3) is 0 Å². The molecule has 6 aromatic carbocycles. The number of alkyl halides is 24. The molecule has 0 N–H and O–H groups in total. The van der Waals surface area contributed by atoms with E-state index in [1.165, 1.54) is 106 Å². The molecular formula is C67H62BF24NO2. The van der Waals surface area contributed by atoms with Gasteiger partial charge in [0.1, 0.15) is 6.15 Å². The van der Waals surface area contributed by atoms with Crippen LogP contribution in [0.1, 0.15) is 170 Å². The zero-order valence-electron chi connectivity index (χ0n) is 50.4. The minimum atomic E-state index is -6.13. The van der Waals surface area contributed by atoms with Crippen molar-refractivity contribution in [2.75, 3.05) is 6.61 Å². The van der Waals surface area contributed by atoms with Gasteiger partial charge in [-0.25, -0.2) is 9.36 Å². The van der Waals surface area contributed by atoms with Crippen LogP contribution in [0.3, 0.4) is 0 Å². The second kappa shape index (κ2) is 31.2. The number of esters is 1. The third-order valence-corrected chi connectivity index (χ3v) is 16.0. The minimum Gasteiger partial charge on any atom is -0.462 e. The predicted molar refractivity (Wildman–Crippen MR) is 310 cm³/mol. The number of benzene rings is 6. The van der Waals surface area contributed by atoms with Crippen molar-refractivity contribution in [3.8, 4) is 0 Å². The van der Waals surface area contributed by atoms with Gasteiger partial charge < -0.3 is 4.74 Å². The molecular weight excluding hydrogens is 1320 g/mol. The lowest BCUT2D eigenvalue weighted by atomic mass is 9.12. The molecule has 0 saturated carbocycles. The van der Waals surface area contributed by atoms with Gasteiger partial charge in [0.05, 0.1) is 56.7 Å². The molecule has 1 aromatic heterocycles. The first kappa shape index (κ1) is 76.6. The van der Waals surface area contributed by atoms with Gasteiger partial charge >= 0.3 is 55.4 Å². The van der Waals surface area contributed by atoms with E-state index in [-0.39, 0.29) is 5.97 Å². The fraction of sp³-hybridized carbons (Fsp3) is 0.403. The fourth-order valence-corrected chi connectivity index (χ4v) is 11.2. The average molecular weight is 1380 g/mol. The number of nitrogens with zero attached hydrogens (tertiary/aromatic N) is 1. The van der Waals surface area contributed by atoms with E-state index in [0.29, 0.717) is 12.2 Å². The Morgan fingerprint density at radius 1 is 0.347 bits per heavy atom. The number of fused-ring (bicyclic) bond motifs is 1. The summed E-state index contributed by atoms with van der Waals surface area (Å²) in [7, 11) is 0. The van der Waals surface area contributed by atoms with Crippen LogP contribution >= 0.6 is 0 Å². The van der Waals surface area contributed by atoms with Gasteiger partial charge in [-0.3, -0.25) is 0 Å². The SMILES string of the molecule is CCCCCCCCCCCCCCCCCCOC(=O)c1ccc(C[n+]2ccc3ccccc3c2)cc1.FC(F)(F)c1cc([B-](c2cc(C(F)(F)F)cc(C(F)(F)F)c2)(c2cc(C(F)(F)F)cc(C(F)(F)F)c2)c2cc(C(F)(F)F)cc(C(F)(F)F)c2)cc(C(F)(F)F)c1. The lowest BCUT2D eigenvalue weighted by Gasteiger charge is -2.46. The summed E-state index contributed by atoms with van der Waals surface area (Å²) in [6.45, 7) is 3.58. The third kappa shape index (κ3) is 21.5. The largest absolute Gasteiger partial charge is 0.462 e. The Balaban J connectivity index is 0.000000326. The van der Waals surface area contributed by atoms with E-state index in [9.17, 15) is 110 Å². The van der Waals surface area contributed by atoms with Gasteiger partial charge in [0.2, 0.25) is 0 Å². The van der Waals surface area contributed by atoms with Crippen molar-refractivity contribution in [3.05, 3.63) is 195 Å². The van der Waals surface area contributed by atoms with E-state index in [2.05, 4.69) is 54.2 Å². The number of hydrogen-bond acceptors (Lipinski definition) is 2. The zero-order valence-corrected chi connectivity index (χ0v) is 50.4. The van der Waals surface area contributed by atoms with Crippen LogP contribution in [-0.2, 0) is 60.7 Å². The van der Waals surface area contributed by atoms with Gasteiger partial charge in [-0.05, 0) is 54.3 Å². The first-order chi connectivity index (χ1) is 44.0. The van der Waals surface area contributed by atoms with Crippen LogP contribution in [0.2, 0.25) is 0 Å². The highest BCUT2D eigenvalue weighted by atomic mass is 19.4. The van der Waals surface area contributed by atoms with Gasteiger partial charge in [-0.15, -0.1) is 0 Å². The van der Waals surface area contributed by atoms with Crippen molar-refractivity contribution in [2.24, 2.45) is 0 Å². The lowest BCUT2D eigenvalue weighted by molar-refractivity contribution is -0.687. The summed E-state index contributed by atoms with van der Waals surface area (Å²) in [5.41, 5.74) is -28.4. The van der Waals surface area contributed by atoms with Gasteiger partial charge in [0, 0.05) is 17.0 Å². The Morgan fingerprint density at radius 3 is 0.905 bits per heavy atom. The van der Waals surface area contributed by atoms with E-state index in [0.717, 1.165) is 19.4 Å². The Labute approximate surface area is 530 Å². The molecule has 0 unspecified atom stereocenters. The Bertz CT molecular complexity index is 3210. The Morgan fingerprint density at radius 2 is 0.621 bits per heavy atom. The highest BCUT2D eigenvalue weighted by Gasteiger charge is 2.47. The molecule has 0 atom stereocenters. The van der Waals surface area contributed by atoms with E-state index >= 15 is 0 Å². The Kier molecular flexibility index (Phi) is 25.2. The van der Waals surface area contributed by atoms with E-state index in [4.69, 9.17) is 4.74 Å². The van der Waals surface area contributed by atoms with Gasteiger partial charge in [0.15, 0.2) is 18.9 Å². The van der Waals surface area contributed by atoms with E-state index < -0.39 is 195 Å². The first-order valence-electron chi connectivity index (χ1n) is 30.0. The highest BCUT2D eigenvalue weighted by molar-refractivity contribution is 7.20. The monoisotopic (exact) mass is 1380 g/mol. The van der Waals surface area contributed by atoms with E-state index in [1.54, 1.807) is 0 Å². The smallest absolute Gasteiger partial charge is 0.416 e. The molecule has 0 aliphatic carbocycles. The third-order valence-electron chi connectivity index (χ3n) is 16.0. The molecule has 0 saturated heterocycles.